The maximum atomic E-state index is 12.0. The van der Waals surface area contributed by atoms with Gasteiger partial charge in [0.1, 0.15) is 0 Å². The number of benzene rings is 2. The van der Waals surface area contributed by atoms with Gasteiger partial charge in [-0.05, 0) is 49.1 Å². The SMILES string of the molecule is O=C(CCCNc1ccc([N+](=O)[O-])cc1)NCc1cccc(NC(=O)C2CC2)c1. The quantitative estimate of drug-likeness (QED) is 0.323. The van der Waals surface area contributed by atoms with Crippen molar-refractivity contribution < 1.29 is 14.5 Å². The van der Waals surface area contributed by atoms with E-state index in [0.717, 1.165) is 29.8 Å². The lowest BCUT2D eigenvalue weighted by Crippen LogP contribution is -2.23. The Kier molecular flexibility index (Phi) is 6.78. The molecule has 2 amide bonds. The molecule has 0 spiro atoms. The molecular formula is C21H24N4O4. The number of rotatable bonds is 10. The smallest absolute Gasteiger partial charge is 0.269 e. The molecule has 1 aliphatic rings. The molecule has 152 valence electrons. The summed E-state index contributed by atoms with van der Waals surface area (Å²) in [7, 11) is 0. The van der Waals surface area contributed by atoms with Gasteiger partial charge >= 0.3 is 0 Å². The molecule has 0 heterocycles. The molecule has 0 bridgehead atoms. The number of hydrogen-bond donors (Lipinski definition) is 3. The number of nitrogens with one attached hydrogen (secondary N) is 3. The number of nitro benzene ring substituents is 1. The zero-order chi connectivity index (χ0) is 20.6. The van der Waals surface area contributed by atoms with Gasteiger partial charge in [-0.15, -0.1) is 0 Å². The van der Waals surface area contributed by atoms with Crippen molar-refractivity contribution in [3.63, 3.8) is 0 Å². The molecule has 0 saturated heterocycles. The summed E-state index contributed by atoms with van der Waals surface area (Å²) < 4.78 is 0. The summed E-state index contributed by atoms with van der Waals surface area (Å²) in [4.78, 5) is 34.0. The molecule has 1 aliphatic carbocycles. The van der Waals surface area contributed by atoms with E-state index in [-0.39, 0.29) is 23.4 Å². The van der Waals surface area contributed by atoms with Gasteiger partial charge in [-0.3, -0.25) is 19.7 Å². The maximum absolute atomic E-state index is 12.0. The second-order valence-corrected chi connectivity index (χ2v) is 7.07. The number of non-ortho nitro benzene ring substituents is 1. The first-order chi connectivity index (χ1) is 14.0. The zero-order valence-electron chi connectivity index (χ0n) is 16.0. The molecular weight excluding hydrogens is 372 g/mol. The van der Waals surface area contributed by atoms with Gasteiger partial charge in [0.2, 0.25) is 11.8 Å². The molecule has 0 unspecified atom stereocenters. The molecule has 3 rings (SSSR count). The number of carbonyl (C=O) groups excluding carboxylic acids is 2. The van der Waals surface area contributed by atoms with Gasteiger partial charge in [-0.1, -0.05) is 12.1 Å². The van der Waals surface area contributed by atoms with Crippen LogP contribution in [0.15, 0.2) is 48.5 Å². The summed E-state index contributed by atoms with van der Waals surface area (Å²) in [5.41, 5.74) is 2.50. The fourth-order valence-corrected chi connectivity index (χ4v) is 2.82. The van der Waals surface area contributed by atoms with Crippen molar-refractivity contribution in [2.45, 2.75) is 32.2 Å². The summed E-state index contributed by atoms with van der Waals surface area (Å²) in [5.74, 6) is 0.160. The number of amides is 2. The summed E-state index contributed by atoms with van der Waals surface area (Å²) >= 11 is 0. The van der Waals surface area contributed by atoms with Crippen molar-refractivity contribution in [3.05, 3.63) is 64.2 Å². The monoisotopic (exact) mass is 396 g/mol. The third-order valence-electron chi connectivity index (χ3n) is 4.62. The standard InChI is InChI=1S/C21H24N4O4/c26-20(5-2-12-22-17-8-10-19(11-9-17)25(28)29)23-14-15-3-1-4-18(13-15)24-21(27)16-6-7-16/h1,3-4,8-11,13,16,22H,2,5-7,12,14H2,(H,23,26)(H,24,27). The molecule has 2 aromatic rings. The fraction of sp³-hybridized carbons (Fsp3) is 0.333. The van der Waals surface area contributed by atoms with E-state index in [1.54, 1.807) is 12.1 Å². The number of nitro groups is 1. The molecule has 8 nitrogen and oxygen atoms in total. The first-order valence-electron chi connectivity index (χ1n) is 9.66. The lowest BCUT2D eigenvalue weighted by Gasteiger charge is -2.09. The third-order valence-corrected chi connectivity index (χ3v) is 4.62. The molecule has 0 radical (unpaired) electrons. The average molecular weight is 396 g/mol. The Morgan fingerprint density at radius 2 is 1.83 bits per heavy atom. The van der Waals surface area contributed by atoms with Gasteiger partial charge in [-0.2, -0.15) is 0 Å². The minimum Gasteiger partial charge on any atom is -0.385 e. The van der Waals surface area contributed by atoms with E-state index in [1.807, 2.05) is 24.3 Å². The van der Waals surface area contributed by atoms with Gasteiger partial charge in [0.25, 0.3) is 5.69 Å². The van der Waals surface area contributed by atoms with Gasteiger partial charge < -0.3 is 16.0 Å². The number of carbonyl (C=O) groups is 2. The first kappa shape index (κ1) is 20.3. The van der Waals surface area contributed by atoms with Crippen LogP contribution in [-0.4, -0.2) is 23.3 Å². The normalized spacial score (nSPS) is 12.8. The predicted octanol–water partition coefficient (Wildman–Crippen LogP) is 3.45. The Morgan fingerprint density at radius 1 is 1.07 bits per heavy atom. The zero-order valence-corrected chi connectivity index (χ0v) is 16.0. The fourth-order valence-electron chi connectivity index (χ4n) is 2.82. The second-order valence-electron chi connectivity index (χ2n) is 7.07. The highest BCUT2D eigenvalue weighted by Crippen LogP contribution is 2.30. The van der Waals surface area contributed by atoms with Gasteiger partial charge in [-0.25, -0.2) is 0 Å². The van der Waals surface area contributed by atoms with Gasteiger partial charge in [0.05, 0.1) is 4.92 Å². The average Bonchev–Trinajstić information content (AvgIpc) is 3.56. The lowest BCUT2D eigenvalue weighted by molar-refractivity contribution is -0.384. The highest BCUT2D eigenvalue weighted by molar-refractivity contribution is 5.94. The molecule has 0 atom stereocenters. The van der Waals surface area contributed by atoms with Crippen LogP contribution in [-0.2, 0) is 16.1 Å². The van der Waals surface area contributed by atoms with Crippen molar-refractivity contribution in [2.75, 3.05) is 17.2 Å². The Balaban J connectivity index is 1.34. The van der Waals surface area contributed by atoms with Crippen LogP contribution < -0.4 is 16.0 Å². The van der Waals surface area contributed by atoms with Crippen LogP contribution in [0.1, 0.15) is 31.2 Å². The van der Waals surface area contributed by atoms with Crippen molar-refractivity contribution in [3.8, 4) is 0 Å². The molecule has 3 N–H and O–H groups in total. The molecule has 2 aromatic carbocycles. The third kappa shape index (κ3) is 6.60. The Labute approximate surface area is 168 Å². The van der Waals surface area contributed by atoms with Gasteiger partial charge in [0.15, 0.2) is 0 Å². The number of hydrogen-bond acceptors (Lipinski definition) is 5. The van der Waals surface area contributed by atoms with Crippen molar-refractivity contribution in [1.82, 2.24) is 5.32 Å². The van der Waals surface area contributed by atoms with Crippen molar-refractivity contribution in [1.29, 1.82) is 0 Å². The maximum Gasteiger partial charge on any atom is 0.269 e. The Morgan fingerprint density at radius 3 is 2.52 bits per heavy atom. The molecule has 8 heteroatoms. The molecule has 0 aliphatic heterocycles. The van der Waals surface area contributed by atoms with Crippen LogP contribution in [0.3, 0.4) is 0 Å². The first-order valence-corrected chi connectivity index (χ1v) is 9.66. The van der Waals surface area contributed by atoms with E-state index in [0.29, 0.717) is 25.9 Å². The minimum atomic E-state index is -0.440. The van der Waals surface area contributed by atoms with Crippen LogP contribution in [0.4, 0.5) is 17.1 Å². The van der Waals surface area contributed by atoms with E-state index >= 15 is 0 Å². The van der Waals surface area contributed by atoms with Gasteiger partial charge in [0, 0.05) is 48.9 Å². The van der Waals surface area contributed by atoms with Crippen LogP contribution in [0.2, 0.25) is 0 Å². The molecule has 1 saturated carbocycles. The molecule has 0 aromatic heterocycles. The van der Waals surface area contributed by atoms with Crippen LogP contribution >= 0.6 is 0 Å². The molecule has 1 fully saturated rings. The highest BCUT2D eigenvalue weighted by atomic mass is 16.6. The number of nitrogens with zero attached hydrogens (tertiary/aromatic N) is 1. The largest absolute Gasteiger partial charge is 0.385 e. The van der Waals surface area contributed by atoms with E-state index in [9.17, 15) is 19.7 Å². The van der Waals surface area contributed by atoms with E-state index in [2.05, 4.69) is 16.0 Å². The summed E-state index contributed by atoms with van der Waals surface area (Å²) in [6.45, 7) is 0.996. The van der Waals surface area contributed by atoms with Crippen LogP contribution in [0, 0.1) is 16.0 Å². The van der Waals surface area contributed by atoms with E-state index in [4.69, 9.17) is 0 Å². The Hall–Kier alpha value is -3.42. The molecule has 29 heavy (non-hydrogen) atoms. The van der Waals surface area contributed by atoms with Crippen molar-refractivity contribution >= 4 is 28.9 Å². The lowest BCUT2D eigenvalue weighted by atomic mass is 10.2. The summed E-state index contributed by atoms with van der Waals surface area (Å²) in [6.07, 6.45) is 2.93. The predicted molar refractivity (Wildman–Crippen MR) is 110 cm³/mol. The topological polar surface area (TPSA) is 113 Å². The Bertz CT molecular complexity index is 879. The number of anilines is 2. The summed E-state index contributed by atoms with van der Waals surface area (Å²) in [6, 6.07) is 13.7. The second kappa shape index (κ2) is 9.68. The van der Waals surface area contributed by atoms with Crippen LogP contribution in [0.25, 0.3) is 0 Å². The van der Waals surface area contributed by atoms with E-state index in [1.165, 1.54) is 12.1 Å². The van der Waals surface area contributed by atoms with E-state index < -0.39 is 4.92 Å². The summed E-state index contributed by atoms with van der Waals surface area (Å²) in [5, 5.41) is 19.5. The van der Waals surface area contributed by atoms with Crippen LogP contribution in [0.5, 0.6) is 0 Å². The highest BCUT2D eigenvalue weighted by Gasteiger charge is 2.29. The van der Waals surface area contributed by atoms with Crippen molar-refractivity contribution in [2.24, 2.45) is 5.92 Å². The minimum absolute atomic E-state index is 0.0473.